The first-order valence-corrected chi connectivity index (χ1v) is 9.62. The van der Waals surface area contributed by atoms with Crippen molar-refractivity contribution in [2.45, 2.75) is 9.79 Å². The molecule has 1 aliphatic rings. The second-order valence-electron chi connectivity index (χ2n) is 5.97. The molecule has 0 N–H and O–H groups in total. The van der Waals surface area contributed by atoms with Gasteiger partial charge in [0.1, 0.15) is 0 Å². The summed E-state index contributed by atoms with van der Waals surface area (Å²) in [6.45, 7) is 0. The van der Waals surface area contributed by atoms with E-state index in [9.17, 15) is 0 Å². The molecule has 0 radical (unpaired) electrons. The van der Waals surface area contributed by atoms with E-state index in [-0.39, 0.29) is 5.28 Å². The second-order valence-corrected chi connectivity index (χ2v) is 7.39. The van der Waals surface area contributed by atoms with E-state index in [0.29, 0.717) is 11.8 Å². The molecule has 0 atom stereocenters. The molecule has 0 bridgehead atoms. The van der Waals surface area contributed by atoms with E-state index in [2.05, 4.69) is 34.2 Å². The van der Waals surface area contributed by atoms with Crippen molar-refractivity contribution in [3.05, 3.63) is 84.1 Å². The smallest absolute Gasteiger partial charge is 0.239 e. The standard InChI is InChI=1S/C21H13ClN4S/c22-20-23-19(14-8-2-1-3-9-14)24-21(25-20)26-15-10-4-6-12-17(15)27-18-13-7-5-11-16(18)26/h1-13H. The Morgan fingerprint density at radius 1 is 0.667 bits per heavy atom. The fourth-order valence-electron chi connectivity index (χ4n) is 3.08. The average Bonchev–Trinajstić information content (AvgIpc) is 2.72. The van der Waals surface area contributed by atoms with Gasteiger partial charge in [-0.25, -0.2) is 0 Å². The summed E-state index contributed by atoms with van der Waals surface area (Å²) in [5.41, 5.74) is 2.96. The van der Waals surface area contributed by atoms with Gasteiger partial charge in [0, 0.05) is 15.4 Å². The molecule has 0 amide bonds. The minimum Gasteiger partial charge on any atom is -0.277 e. The van der Waals surface area contributed by atoms with Crippen molar-refractivity contribution in [1.29, 1.82) is 0 Å². The number of fused-ring (bicyclic) bond motifs is 2. The summed E-state index contributed by atoms with van der Waals surface area (Å²) in [4.78, 5) is 17.8. The van der Waals surface area contributed by atoms with Crippen LogP contribution < -0.4 is 4.90 Å². The molecule has 2 heterocycles. The molecule has 3 aromatic carbocycles. The maximum Gasteiger partial charge on any atom is 0.239 e. The molecular formula is C21H13ClN4S. The van der Waals surface area contributed by atoms with Crippen LogP contribution in [0, 0.1) is 0 Å². The molecular weight excluding hydrogens is 376 g/mol. The van der Waals surface area contributed by atoms with Gasteiger partial charge in [-0.2, -0.15) is 15.0 Å². The summed E-state index contributed by atoms with van der Waals surface area (Å²) >= 11 is 8.02. The lowest BCUT2D eigenvalue weighted by molar-refractivity contribution is 0.996. The van der Waals surface area contributed by atoms with Crippen molar-refractivity contribution in [3.8, 4) is 11.4 Å². The lowest BCUT2D eigenvalue weighted by Crippen LogP contribution is -2.18. The van der Waals surface area contributed by atoms with Gasteiger partial charge < -0.3 is 0 Å². The van der Waals surface area contributed by atoms with E-state index in [4.69, 9.17) is 16.6 Å². The highest BCUT2D eigenvalue weighted by atomic mass is 35.5. The van der Waals surface area contributed by atoms with Crippen LogP contribution in [0.1, 0.15) is 0 Å². The van der Waals surface area contributed by atoms with Crippen LogP contribution in [0.2, 0.25) is 5.28 Å². The quantitative estimate of drug-likeness (QED) is 0.364. The average molecular weight is 389 g/mol. The normalized spacial score (nSPS) is 12.4. The van der Waals surface area contributed by atoms with Crippen molar-refractivity contribution in [2.75, 3.05) is 4.90 Å². The minimum atomic E-state index is 0.173. The van der Waals surface area contributed by atoms with E-state index in [1.165, 1.54) is 0 Å². The number of anilines is 3. The van der Waals surface area contributed by atoms with Crippen LogP contribution >= 0.6 is 23.4 Å². The van der Waals surface area contributed by atoms with Crippen LogP contribution in [-0.2, 0) is 0 Å². The van der Waals surface area contributed by atoms with E-state index in [1.807, 2.05) is 59.5 Å². The van der Waals surface area contributed by atoms with E-state index in [1.54, 1.807) is 11.8 Å². The van der Waals surface area contributed by atoms with Gasteiger partial charge in [-0.15, -0.1) is 0 Å². The van der Waals surface area contributed by atoms with Crippen LogP contribution in [0.3, 0.4) is 0 Å². The largest absolute Gasteiger partial charge is 0.277 e. The number of hydrogen-bond acceptors (Lipinski definition) is 5. The van der Waals surface area contributed by atoms with Crippen LogP contribution in [0.15, 0.2) is 88.7 Å². The van der Waals surface area contributed by atoms with Gasteiger partial charge in [0.2, 0.25) is 11.2 Å². The molecule has 0 saturated carbocycles. The molecule has 27 heavy (non-hydrogen) atoms. The van der Waals surface area contributed by atoms with Gasteiger partial charge in [0.15, 0.2) is 5.82 Å². The summed E-state index contributed by atoms with van der Waals surface area (Å²) in [6, 6.07) is 26.2. The molecule has 4 aromatic rings. The number of para-hydroxylation sites is 2. The number of nitrogens with zero attached hydrogens (tertiary/aromatic N) is 4. The van der Waals surface area contributed by atoms with Gasteiger partial charge >= 0.3 is 0 Å². The molecule has 6 heteroatoms. The first-order chi connectivity index (χ1) is 13.3. The predicted molar refractivity (Wildman–Crippen MR) is 109 cm³/mol. The highest BCUT2D eigenvalue weighted by molar-refractivity contribution is 7.99. The topological polar surface area (TPSA) is 41.9 Å². The lowest BCUT2D eigenvalue weighted by atomic mass is 10.2. The number of aromatic nitrogens is 3. The Labute approximate surface area is 165 Å². The van der Waals surface area contributed by atoms with Gasteiger partial charge in [-0.3, -0.25) is 4.90 Å². The Kier molecular flexibility index (Phi) is 4.03. The number of rotatable bonds is 2. The molecule has 0 saturated heterocycles. The fraction of sp³-hybridized carbons (Fsp3) is 0. The molecule has 1 aliphatic heterocycles. The number of hydrogen-bond donors (Lipinski definition) is 0. The molecule has 0 spiro atoms. The molecule has 0 unspecified atom stereocenters. The first kappa shape index (κ1) is 16.3. The third-order valence-electron chi connectivity index (χ3n) is 4.26. The zero-order valence-electron chi connectivity index (χ0n) is 14.1. The zero-order valence-corrected chi connectivity index (χ0v) is 15.7. The Balaban J connectivity index is 1.73. The Bertz CT molecular complexity index is 1090. The Morgan fingerprint density at radius 3 is 1.93 bits per heavy atom. The fourth-order valence-corrected chi connectivity index (χ4v) is 4.29. The zero-order chi connectivity index (χ0) is 18.2. The second kappa shape index (κ2) is 6.68. The van der Waals surface area contributed by atoms with Crippen molar-refractivity contribution in [2.24, 2.45) is 0 Å². The summed E-state index contributed by atoms with van der Waals surface area (Å²) in [6.07, 6.45) is 0. The summed E-state index contributed by atoms with van der Waals surface area (Å²) in [7, 11) is 0. The van der Waals surface area contributed by atoms with Crippen molar-refractivity contribution < 1.29 is 0 Å². The highest BCUT2D eigenvalue weighted by Gasteiger charge is 2.26. The van der Waals surface area contributed by atoms with Crippen LogP contribution in [0.5, 0.6) is 0 Å². The van der Waals surface area contributed by atoms with Crippen molar-refractivity contribution in [1.82, 2.24) is 15.0 Å². The van der Waals surface area contributed by atoms with Crippen LogP contribution in [0.25, 0.3) is 11.4 Å². The van der Waals surface area contributed by atoms with Crippen LogP contribution in [0.4, 0.5) is 17.3 Å². The van der Waals surface area contributed by atoms with E-state index < -0.39 is 0 Å². The number of halogens is 1. The molecule has 0 aliphatic carbocycles. The summed E-state index contributed by atoms with van der Waals surface area (Å²) in [5.74, 6) is 1.06. The van der Waals surface area contributed by atoms with E-state index in [0.717, 1.165) is 26.7 Å². The first-order valence-electron chi connectivity index (χ1n) is 8.43. The van der Waals surface area contributed by atoms with Gasteiger partial charge in [0.05, 0.1) is 11.4 Å². The predicted octanol–water partition coefficient (Wildman–Crippen LogP) is 6.13. The lowest BCUT2D eigenvalue weighted by Gasteiger charge is -2.31. The van der Waals surface area contributed by atoms with E-state index >= 15 is 0 Å². The molecule has 4 nitrogen and oxygen atoms in total. The molecule has 130 valence electrons. The van der Waals surface area contributed by atoms with Gasteiger partial charge in [0.25, 0.3) is 0 Å². The molecule has 0 fully saturated rings. The maximum absolute atomic E-state index is 6.28. The highest BCUT2D eigenvalue weighted by Crippen LogP contribution is 2.50. The summed E-state index contributed by atoms with van der Waals surface area (Å²) < 4.78 is 0. The van der Waals surface area contributed by atoms with Crippen molar-refractivity contribution >= 4 is 40.7 Å². The van der Waals surface area contributed by atoms with Crippen molar-refractivity contribution in [3.63, 3.8) is 0 Å². The maximum atomic E-state index is 6.28. The number of benzene rings is 3. The molecule has 5 rings (SSSR count). The minimum absolute atomic E-state index is 0.173. The SMILES string of the molecule is Clc1nc(-c2ccccc2)nc(N2c3ccccc3Sc3ccccc32)n1. The summed E-state index contributed by atoms with van der Waals surface area (Å²) in [5, 5.41) is 0.173. The molecule has 1 aromatic heterocycles. The third-order valence-corrected chi connectivity index (χ3v) is 5.56. The third kappa shape index (κ3) is 2.95. The monoisotopic (exact) mass is 388 g/mol. The van der Waals surface area contributed by atoms with Gasteiger partial charge in [-0.05, 0) is 35.9 Å². The van der Waals surface area contributed by atoms with Gasteiger partial charge in [-0.1, -0.05) is 66.4 Å². The van der Waals surface area contributed by atoms with Crippen LogP contribution in [-0.4, -0.2) is 15.0 Å². The Hall–Kier alpha value is -2.89. The Morgan fingerprint density at radius 2 is 1.26 bits per heavy atom.